The standard InChI is InChI=1S/C21H17NO3/c23-20(15-25-21(24)17-11-5-2-6-12-17)22-19-14-8-7-13-18(19)16-9-3-1-4-10-16/h1-14H,15H2,(H,22,23). The molecule has 0 saturated carbocycles. The summed E-state index contributed by atoms with van der Waals surface area (Å²) in [5.74, 6) is -0.903. The van der Waals surface area contributed by atoms with Crippen LogP contribution in [0, 0.1) is 0 Å². The highest BCUT2D eigenvalue weighted by atomic mass is 16.5. The molecule has 0 unspecified atom stereocenters. The first-order valence-electron chi connectivity index (χ1n) is 7.90. The number of nitrogens with one attached hydrogen (secondary N) is 1. The lowest BCUT2D eigenvalue weighted by atomic mass is 10.0. The van der Waals surface area contributed by atoms with Gasteiger partial charge in [-0.1, -0.05) is 66.7 Å². The van der Waals surface area contributed by atoms with Crippen molar-refractivity contribution in [1.29, 1.82) is 0 Å². The van der Waals surface area contributed by atoms with Crippen molar-refractivity contribution in [3.63, 3.8) is 0 Å². The number of anilines is 1. The van der Waals surface area contributed by atoms with E-state index in [4.69, 9.17) is 4.74 Å². The molecular weight excluding hydrogens is 314 g/mol. The van der Waals surface area contributed by atoms with Gasteiger partial charge in [0, 0.05) is 11.3 Å². The van der Waals surface area contributed by atoms with Gasteiger partial charge in [-0.2, -0.15) is 0 Å². The molecule has 124 valence electrons. The summed E-state index contributed by atoms with van der Waals surface area (Å²) in [4.78, 5) is 24.0. The van der Waals surface area contributed by atoms with E-state index < -0.39 is 5.97 Å². The van der Waals surface area contributed by atoms with Gasteiger partial charge in [0.1, 0.15) is 0 Å². The number of hydrogen-bond donors (Lipinski definition) is 1. The zero-order valence-electron chi connectivity index (χ0n) is 13.5. The number of ether oxygens (including phenoxy) is 1. The molecule has 0 saturated heterocycles. The minimum Gasteiger partial charge on any atom is -0.452 e. The van der Waals surface area contributed by atoms with Crippen molar-refractivity contribution in [1.82, 2.24) is 0 Å². The predicted molar refractivity (Wildman–Crippen MR) is 97.2 cm³/mol. The molecule has 0 aliphatic heterocycles. The van der Waals surface area contributed by atoms with E-state index in [0.29, 0.717) is 11.3 Å². The lowest BCUT2D eigenvalue weighted by molar-refractivity contribution is -0.119. The van der Waals surface area contributed by atoms with Gasteiger partial charge in [-0.15, -0.1) is 0 Å². The smallest absolute Gasteiger partial charge is 0.338 e. The van der Waals surface area contributed by atoms with Gasteiger partial charge in [-0.3, -0.25) is 4.79 Å². The predicted octanol–water partition coefficient (Wildman–Crippen LogP) is 4.15. The molecule has 0 radical (unpaired) electrons. The van der Waals surface area contributed by atoms with Gasteiger partial charge in [0.25, 0.3) is 5.91 Å². The van der Waals surface area contributed by atoms with Crippen LogP contribution in [0.25, 0.3) is 11.1 Å². The SMILES string of the molecule is O=C(COC(=O)c1ccccc1)Nc1ccccc1-c1ccccc1. The van der Waals surface area contributed by atoms with Crippen LogP contribution in [-0.4, -0.2) is 18.5 Å². The van der Waals surface area contributed by atoms with E-state index in [0.717, 1.165) is 11.1 Å². The monoisotopic (exact) mass is 331 g/mol. The van der Waals surface area contributed by atoms with Gasteiger partial charge in [0.15, 0.2) is 6.61 Å². The van der Waals surface area contributed by atoms with Crippen LogP contribution in [-0.2, 0) is 9.53 Å². The Kier molecular flexibility index (Phi) is 5.22. The van der Waals surface area contributed by atoms with Crippen molar-refractivity contribution in [3.8, 4) is 11.1 Å². The quantitative estimate of drug-likeness (QED) is 0.715. The van der Waals surface area contributed by atoms with Crippen LogP contribution in [0.5, 0.6) is 0 Å². The molecule has 1 N–H and O–H groups in total. The highest BCUT2D eigenvalue weighted by Gasteiger charge is 2.11. The Morgan fingerprint density at radius 1 is 0.760 bits per heavy atom. The summed E-state index contributed by atoms with van der Waals surface area (Å²) < 4.78 is 5.06. The van der Waals surface area contributed by atoms with Crippen LogP contribution in [0.1, 0.15) is 10.4 Å². The van der Waals surface area contributed by atoms with Crippen LogP contribution < -0.4 is 5.32 Å². The van der Waals surface area contributed by atoms with E-state index in [9.17, 15) is 9.59 Å². The van der Waals surface area contributed by atoms with E-state index in [1.807, 2.05) is 60.7 Å². The van der Waals surface area contributed by atoms with Crippen LogP contribution in [0.2, 0.25) is 0 Å². The Bertz CT molecular complexity index is 861. The van der Waals surface area contributed by atoms with E-state index >= 15 is 0 Å². The summed E-state index contributed by atoms with van der Waals surface area (Å²) in [5, 5.41) is 2.80. The van der Waals surface area contributed by atoms with Crippen molar-refractivity contribution in [2.75, 3.05) is 11.9 Å². The number of rotatable bonds is 5. The van der Waals surface area contributed by atoms with Crippen molar-refractivity contribution in [3.05, 3.63) is 90.5 Å². The molecule has 1 amide bonds. The third-order valence-electron chi connectivity index (χ3n) is 3.63. The number of carbonyl (C=O) groups is 2. The highest BCUT2D eigenvalue weighted by molar-refractivity contribution is 5.98. The van der Waals surface area contributed by atoms with Gasteiger partial charge in [0.05, 0.1) is 5.56 Å². The average molecular weight is 331 g/mol. The number of benzene rings is 3. The molecule has 0 spiro atoms. The van der Waals surface area contributed by atoms with Gasteiger partial charge in [-0.05, 0) is 23.8 Å². The zero-order chi connectivity index (χ0) is 17.5. The number of esters is 1. The molecule has 0 aliphatic carbocycles. The first kappa shape index (κ1) is 16.5. The minimum absolute atomic E-state index is 0.336. The molecular formula is C21H17NO3. The minimum atomic E-state index is -0.521. The highest BCUT2D eigenvalue weighted by Crippen LogP contribution is 2.27. The topological polar surface area (TPSA) is 55.4 Å². The Hall–Kier alpha value is -3.40. The number of para-hydroxylation sites is 1. The van der Waals surface area contributed by atoms with Gasteiger partial charge >= 0.3 is 5.97 Å². The van der Waals surface area contributed by atoms with Gasteiger partial charge < -0.3 is 10.1 Å². The molecule has 4 heteroatoms. The van der Waals surface area contributed by atoms with Crippen molar-refractivity contribution < 1.29 is 14.3 Å². The lowest BCUT2D eigenvalue weighted by Crippen LogP contribution is -2.21. The van der Waals surface area contributed by atoms with Crippen molar-refractivity contribution >= 4 is 17.6 Å². The second kappa shape index (κ2) is 7.93. The normalized spacial score (nSPS) is 10.1. The third-order valence-corrected chi connectivity index (χ3v) is 3.63. The van der Waals surface area contributed by atoms with E-state index in [1.165, 1.54) is 0 Å². The molecule has 25 heavy (non-hydrogen) atoms. The molecule has 4 nitrogen and oxygen atoms in total. The second-order valence-corrected chi connectivity index (χ2v) is 5.40. The zero-order valence-corrected chi connectivity index (χ0v) is 13.5. The van der Waals surface area contributed by atoms with E-state index in [2.05, 4.69) is 5.32 Å². The summed E-state index contributed by atoms with van der Waals surface area (Å²) in [7, 11) is 0. The first-order chi connectivity index (χ1) is 12.2. The maximum atomic E-state index is 12.1. The van der Waals surface area contributed by atoms with E-state index in [-0.39, 0.29) is 12.5 Å². The molecule has 0 aromatic heterocycles. The van der Waals surface area contributed by atoms with Crippen LogP contribution in [0.4, 0.5) is 5.69 Å². The molecule has 0 heterocycles. The maximum absolute atomic E-state index is 12.1. The van der Waals surface area contributed by atoms with Crippen LogP contribution in [0.3, 0.4) is 0 Å². The molecule has 0 atom stereocenters. The molecule has 0 bridgehead atoms. The molecule has 0 fully saturated rings. The van der Waals surface area contributed by atoms with Gasteiger partial charge in [-0.25, -0.2) is 4.79 Å². The fourth-order valence-electron chi connectivity index (χ4n) is 2.44. The first-order valence-corrected chi connectivity index (χ1v) is 7.90. The molecule has 3 aromatic carbocycles. The lowest BCUT2D eigenvalue weighted by Gasteiger charge is -2.11. The summed E-state index contributed by atoms with van der Waals surface area (Å²) in [6, 6.07) is 25.9. The average Bonchev–Trinajstić information content (AvgIpc) is 2.68. The fourth-order valence-corrected chi connectivity index (χ4v) is 2.44. The number of carbonyl (C=O) groups excluding carboxylic acids is 2. The summed E-state index contributed by atoms with van der Waals surface area (Å²) in [6.45, 7) is -0.336. The van der Waals surface area contributed by atoms with Crippen LogP contribution in [0.15, 0.2) is 84.9 Å². The summed E-state index contributed by atoms with van der Waals surface area (Å²) in [5.41, 5.74) is 3.00. The molecule has 3 aromatic rings. The Morgan fingerprint density at radius 3 is 2.08 bits per heavy atom. The summed E-state index contributed by atoms with van der Waals surface area (Å²) >= 11 is 0. The largest absolute Gasteiger partial charge is 0.452 e. The third kappa shape index (κ3) is 4.32. The van der Waals surface area contributed by atoms with Crippen LogP contribution >= 0.6 is 0 Å². The second-order valence-electron chi connectivity index (χ2n) is 5.40. The number of amides is 1. The Balaban J connectivity index is 1.65. The summed E-state index contributed by atoms with van der Waals surface area (Å²) in [6.07, 6.45) is 0. The Labute approximate surface area is 146 Å². The van der Waals surface area contributed by atoms with Crippen molar-refractivity contribution in [2.24, 2.45) is 0 Å². The maximum Gasteiger partial charge on any atom is 0.338 e. The number of hydrogen-bond acceptors (Lipinski definition) is 3. The fraction of sp³-hybridized carbons (Fsp3) is 0.0476. The van der Waals surface area contributed by atoms with Gasteiger partial charge in [0.2, 0.25) is 0 Å². The van der Waals surface area contributed by atoms with E-state index in [1.54, 1.807) is 24.3 Å². The molecule has 0 aliphatic rings. The Morgan fingerprint density at radius 2 is 1.36 bits per heavy atom. The molecule has 3 rings (SSSR count). The van der Waals surface area contributed by atoms with Crippen molar-refractivity contribution in [2.45, 2.75) is 0 Å².